The normalized spacial score (nSPS) is 15.0. The van der Waals surface area contributed by atoms with Crippen molar-refractivity contribution in [2.24, 2.45) is 5.41 Å². The predicted molar refractivity (Wildman–Crippen MR) is 101 cm³/mol. The number of non-ortho nitro benzene ring substituents is 1. The van der Waals surface area contributed by atoms with Crippen molar-refractivity contribution < 1.29 is 4.92 Å². The summed E-state index contributed by atoms with van der Waals surface area (Å²) in [5.41, 5.74) is -0.908. The molecule has 1 N–H and O–H groups in total. The summed E-state index contributed by atoms with van der Waals surface area (Å²) in [6.07, 6.45) is 1.54. The van der Waals surface area contributed by atoms with E-state index in [2.05, 4.69) is 0 Å². The smallest absolute Gasteiger partial charge is 0.269 e. The molecule has 3 rings (SSSR count). The predicted octanol–water partition coefficient (Wildman–Crippen LogP) is 4.02. The van der Waals surface area contributed by atoms with Gasteiger partial charge in [0.25, 0.3) is 5.69 Å². The van der Waals surface area contributed by atoms with Crippen molar-refractivity contribution in [2.45, 2.75) is 0 Å². The zero-order valence-electron chi connectivity index (χ0n) is 14.4. The molecule has 7 heteroatoms. The fraction of sp³-hybridized carbons (Fsp3) is 0.0476. The first-order chi connectivity index (χ1) is 13.5. The first-order valence-corrected chi connectivity index (χ1v) is 8.07. The molecule has 0 atom stereocenters. The molecule has 0 heterocycles. The van der Waals surface area contributed by atoms with Gasteiger partial charge in [-0.3, -0.25) is 10.1 Å². The first kappa shape index (κ1) is 18.3. The van der Waals surface area contributed by atoms with Crippen molar-refractivity contribution >= 4 is 22.5 Å². The third-order valence-electron chi connectivity index (χ3n) is 4.51. The van der Waals surface area contributed by atoms with Gasteiger partial charge in [0.2, 0.25) is 5.41 Å². The van der Waals surface area contributed by atoms with Gasteiger partial charge < -0.3 is 5.41 Å². The Morgan fingerprint density at radius 1 is 0.929 bits per heavy atom. The highest BCUT2D eigenvalue weighted by Gasteiger charge is 2.45. The van der Waals surface area contributed by atoms with Crippen LogP contribution in [0.3, 0.4) is 0 Å². The van der Waals surface area contributed by atoms with E-state index in [0.29, 0.717) is 16.7 Å². The van der Waals surface area contributed by atoms with Crippen LogP contribution in [-0.4, -0.2) is 10.6 Å². The van der Waals surface area contributed by atoms with Gasteiger partial charge in [0.15, 0.2) is 0 Å². The summed E-state index contributed by atoms with van der Waals surface area (Å²) in [4.78, 5) is 10.4. The van der Waals surface area contributed by atoms with E-state index in [1.165, 1.54) is 24.3 Å². The van der Waals surface area contributed by atoms with E-state index < -0.39 is 16.0 Å². The number of allylic oxidation sites excluding steroid dienone is 4. The average molecular weight is 365 g/mol. The number of nitrogens with zero attached hydrogens (tertiary/aromatic N) is 4. The number of nitro benzene ring substituents is 1. The monoisotopic (exact) mass is 365 g/mol. The van der Waals surface area contributed by atoms with Crippen LogP contribution in [0.5, 0.6) is 0 Å². The largest absolute Gasteiger partial charge is 0.301 e. The second-order valence-corrected chi connectivity index (χ2v) is 5.98. The molecule has 0 bridgehead atoms. The van der Waals surface area contributed by atoms with Crippen LogP contribution in [0, 0.1) is 54.9 Å². The van der Waals surface area contributed by atoms with E-state index in [1.54, 1.807) is 36.4 Å². The van der Waals surface area contributed by atoms with Crippen LogP contribution in [-0.2, 0) is 0 Å². The van der Waals surface area contributed by atoms with Crippen LogP contribution >= 0.6 is 0 Å². The minimum Gasteiger partial charge on any atom is -0.301 e. The van der Waals surface area contributed by atoms with Crippen LogP contribution in [0.2, 0.25) is 0 Å². The highest BCUT2D eigenvalue weighted by atomic mass is 16.6. The van der Waals surface area contributed by atoms with Crippen LogP contribution in [0.25, 0.3) is 11.1 Å². The molecule has 0 amide bonds. The first-order valence-electron chi connectivity index (χ1n) is 8.07. The number of rotatable bonds is 3. The number of hydrogen-bond acceptors (Lipinski definition) is 6. The highest BCUT2D eigenvalue weighted by Crippen LogP contribution is 2.44. The minimum absolute atomic E-state index is 0.0556. The third kappa shape index (κ3) is 2.72. The summed E-state index contributed by atoms with van der Waals surface area (Å²) in [6.45, 7) is 0. The van der Waals surface area contributed by atoms with Gasteiger partial charge in [-0.1, -0.05) is 30.3 Å². The molecule has 1 aliphatic carbocycles. The number of benzene rings is 2. The van der Waals surface area contributed by atoms with Gasteiger partial charge in [0.1, 0.15) is 6.07 Å². The average Bonchev–Trinajstić information content (AvgIpc) is 2.74. The zero-order chi connectivity index (χ0) is 20.3. The number of nitrogens with one attached hydrogen (secondary N) is 1. The van der Waals surface area contributed by atoms with E-state index in [4.69, 9.17) is 5.41 Å². The van der Waals surface area contributed by atoms with Gasteiger partial charge in [-0.25, -0.2) is 0 Å². The minimum atomic E-state index is -1.99. The lowest BCUT2D eigenvalue weighted by Crippen LogP contribution is -2.33. The molecule has 0 fully saturated rings. The molecule has 0 aromatic heterocycles. The van der Waals surface area contributed by atoms with Crippen molar-refractivity contribution in [1.29, 1.82) is 21.2 Å². The summed E-state index contributed by atoms with van der Waals surface area (Å²) in [5, 5.41) is 48.5. The van der Waals surface area contributed by atoms with Crippen LogP contribution in [0.1, 0.15) is 11.1 Å². The quantitative estimate of drug-likeness (QED) is 0.646. The second kappa shape index (κ2) is 6.99. The maximum absolute atomic E-state index is 10.9. The Morgan fingerprint density at radius 2 is 1.54 bits per heavy atom. The van der Waals surface area contributed by atoms with Crippen molar-refractivity contribution in [3.05, 3.63) is 87.5 Å². The Kier molecular flexibility index (Phi) is 4.56. The molecule has 0 aliphatic heterocycles. The van der Waals surface area contributed by atoms with Gasteiger partial charge in [-0.2, -0.15) is 15.8 Å². The lowest BCUT2D eigenvalue weighted by Gasteiger charge is -2.28. The van der Waals surface area contributed by atoms with Crippen molar-refractivity contribution in [3.63, 3.8) is 0 Å². The van der Waals surface area contributed by atoms with Crippen molar-refractivity contribution in [1.82, 2.24) is 0 Å². The topological polar surface area (TPSA) is 138 Å². The molecule has 0 saturated carbocycles. The molecule has 1 aliphatic rings. The Morgan fingerprint density at radius 3 is 2.04 bits per heavy atom. The van der Waals surface area contributed by atoms with Gasteiger partial charge >= 0.3 is 0 Å². The molecule has 132 valence electrons. The lowest BCUT2D eigenvalue weighted by molar-refractivity contribution is -0.384. The standard InChI is InChI=1S/C21H11N5O2/c22-11-18-17(14-4-2-1-3-5-14)10-19(21(12-23,13-24)20(18)25)15-6-8-16(9-7-15)26(27)28/h1-10,25H. The molecule has 28 heavy (non-hydrogen) atoms. The number of hydrogen-bond donors (Lipinski definition) is 1. The van der Waals surface area contributed by atoms with Gasteiger partial charge in [0.05, 0.1) is 28.3 Å². The fourth-order valence-corrected chi connectivity index (χ4v) is 3.06. The van der Waals surface area contributed by atoms with Gasteiger partial charge in [-0.05, 0) is 29.3 Å². The van der Waals surface area contributed by atoms with E-state index in [1.807, 2.05) is 18.2 Å². The highest BCUT2D eigenvalue weighted by molar-refractivity contribution is 6.24. The van der Waals surface area contributed by atoms with Crippen LogP contribution in [0.4, 0.5) is 5.69 Å². The molecular formula is C21H11N5O2. The SMILES string of the molecule is N#CC1=C(c2ccccc2)C=C(c2ccc([N+](=O)[O-])cc2)C(C#N)(C#N)C1=N. The maximum Gasteiger partial charge on any atom is 0.269 e. The molecule has 2 aromatic carbocycles. The van der Waals surface area contributed by atoms with Crippen molar-refractivity contribution in [2.75, 3.05) is 0 Å². The molecular weight excluding hydrogens is 354 g/mol. The molecule has 7 nitrogen and oxygen atoms in total. The molecule has 0 unspecified atom stereocenters. The molecule has 0 radical (unpaired) electrons. The van der Waals surface area contributed by atoms with Crippen molar-refractivity contribution in [3.8, 4) is 18.2 Å². The zero-order valence-corrected chi connectivity index (χ0v) is 14.4. The van der Waals surface area contributed by atoms with Gasteiger partial charge in [0, 0.05) is 23.3 Å². The van der Waals surface area contributed by atoms with E-state index in [9.17, 15) is 25.9 Å². The number of nitro groups is 1. The summed E-state index contributed by atoms with van der Waals surface area (Å²) >= 11 is 0. The van der Waals surface area contributed by atoms with E-state index in [0.717, 1.165) is 0 Å². The Labute approximate surface area is 160 Å². The molecule has 0 saturated heterocycles. The maximum atomic E-state index is 10.9. The summed E-state index contributed by atoms with van der Waals surface area (Å²) < 4.78 is 0. The molecule has 2 aromatic rings. The Bertz CT molecular complexity index is 1160. The summed E-state index contributed by atoms with van der Waals surface area (Å²) in [7, 11) is 0. The lowest BCUT2D eigenvalue weighted by atomic mass is 9.68. The fourth-order valence-electron chi connectivity index (χ4n) is 3.06. The summed E-state index contributed by atoms with van der Waals surface area (Å²) in [6, 6.07) is 19.9. The van der Waals surface area contributed by atoms with E-state index >= 15 is 0 Å². The number of nitriles is 3. The Balaban J connectivity index is 2.31. The van der Waals surface area contributed by atoms with Crippen LogP contribution < -0.4 is 0 Å². The van der Waals surface area contributed by atoms with Gasteiger partial charge in [-0.15, -0.1) is 0 Å². The summed E-state index contributed by atoms with van der Waals surface area (Å²) in [5.74, 6) is 0. The molecule has 0 spiro atoms. The third-order valence-corrected chi connectivity index (χ3v) is 4.51. The van der Waals surface area contributed by atoms with Crippen LogP contribution in [0.15, 0.2) is 66.2 Å². The Hall–Kier alpha value is -4.54. The second-order valence-electron chi connectivity index (χ2n) is 5.98. The van der Waals surface area contributed by atoms with E-state index in [-0.39, 0.29) is 16.8 Å².